The largest absolute Gasteiger partial charge is 0.235 e. The van der Waals surface area contributed by atoms with Gasteiger partial charge < -0.3 is 0 Å². The molecule has 0 radical (unpaired) electrons. The summed E-state index contributed by atoms with van der Waals surface area (Å²) in [7, 11) is 0. The predicted octanol–water partition coefficient (Wildman–Crippen LogP) is 3.18. The molecule has 6 heteroatoms. The van der Waals surface area contributed by atoms with Crippen LogP contribution in [0.2, 0.25) is 5.02 Å². The Morgan fingerprint density at radius 3 is 2.61 bits per heavy atom. The van der Waals surface area contributed by atoms with Crippen molar-refractivity contribution in [2.75, 3.05) is 0 Å². The highest BCUT2D eigenvalue weighted by molar-refractivity contribution is 6.32. The molecule has 0 N–H and O–H groups in total. The molecule has 0 saturated carbocycles. The van der Waals surface area contributed by atoms with Crippen LogP contribution in [0.3, 0.4) is 0 Å². The van der Waals surface area contributed by atoms with Crippen molar-refractivity contribution in [1.29, 1.82) is 0 Å². The summed E-state index contributed by atoms with van der Waals surface area (Å²) < 4.78 is 1.71. The van der Waals surface area contributed by atoms with Crippen molar-refractivity contribution < 1.29 is 0 Å². The van der Waals surface area contributed by atoms with E-state index >= 15 is 0 Å². The highest BCUT2D eigenvalue weighted by atomic mass is 35.5. The molecule has 0 fully saturated rings. The van der Waals surface area contributed by atoms with Gasteiger partial charge in [0, 0.05) is 24.9 Å². The molecule has 18 heavy (non-hydrogen) atoms. The summed E-state index contributed by atoms with van der Waals surface area (Å²) in [6, 6.07) is 1.81. The maximum absolute atomic E-state index is 6.21. The number of alkyl halides is 1. The van der Waals surface area contributed by atoms with Gasteiger partial charge in [-0.05, 0) is 11.6 Å². The standard InChI is InChI=1S/C12H14Cl2N4/c1-3-10-16-11(4-2)18(17-10)12-9(14)5-8(6-13)7-15-12/h5,7H,3-4,6H2,1-2H3. The molecule has 0 aliphatic heterocycles. The van der Waals surface area contributed by atoms with E-state index in [9.17, 15) is 0 Å². The van der Waals surface area contributed by atoms with Crippen molar-refractivity contribution in [3.05, 3.63) is 34.5 Å². The highest BCUT2D eigenvalue weighted by Crippen LogP contribution is 2.21. The number of aromatic nitrogens is 4. The van der Waals surface area contributed by atoms with Gasteiger partial charge >= 0.3 is 0 Å². The Labute approximate surface area is 116 Å². The first kappa shape index (κ1) is 13.3. The average molecular weight is 285 g/mol. The highest BCUT2D eigenvalue weighted by Gasteiger charge is 2.13. The summed E-state index contributed by atoms with van der Waals surface area (Å²) in [5.41, 5.74) is 0.888. The molecular weight excluding hydrogens is 271 g/mol. The number of pyridine rings is 1. The Morgan fingerprint density at radius 1 is 1.28 bits per heavy atom. The summed E-state index contributed by atoms with van der Waals surface area (Å²) >= 11 is 12.0. The fourth-order valence-corrected chi connectivity index (χ4v) is 2.05. The van der Waals surface area contributed by atoms with Crippen LogP contribution in [0.15, 0.2) is 12.3 Å². The Hall–Kier alpha value is -1.13. The number of rotatable bonds is 4. The van der Waals surface area contributed by atoms with Crippen LogP contribution in [-0.4, -0.2) is 19.7 Å². The van der Waals surface area contributed by atoms with Gasteiger partial charge in [-0.25, -0.2) is 9.97 Å². The minimum Gasteiger partial charge on any atom is -0.235 e. The summed E-state index contributed by atoms with van der Waals surface area (Å²) in [6.45, 7) is 4.05. The van der Waals surface area contributed by atoms with Crippen LogP contribution >= 0.6 is 23.2 Å². The molecule has 0 amide bonds. The van der Waals surface area contributed by atoms with Crippen LogP contribution < -0.4 is 0 Å². The molecule has 2 rings (SSSR count). The van der Waals surface area contributed by atoms with Gasteiger partial charge in [0.15, 0.2) is 11.6 Å². The quantitative estimate of drug-likeness (QED) is 0.810. The maximum atomic E-state index is 6.21. The Morgan fingerprint density at radius 2 is 2.06 bits per heavy atom. The number of hydrogen-bond donors (Lipinski definition) is 0. The van der Waals surface area contributed by atoms with E-state index in [1.165, 1.54) is 0 Å². The van der Waals surface area contributed by atoms with Crippen LogP contribution in [0.25, 0.3) is 5.82 Å². The molecule has 4 nitrogen and oxygen atoms in total. The second-order valence-corrected chi connectivity index (χ2v) is 4.52. The van der Waals surface area contributed by atoms with E-state index in [0.29, 0.717) is 16.7 Å². The smallest absolute Gasteiger partial charge is 0.174 e. The van der Waals surface area contributed by atoms with Gasteiger partial charge in [-0.2, -0.15) is 4.68 Å². The predicted molar refractivity (Wildman–Crippen MR) is 72.5 cm³/mol. The second-order valence-electron chi connectivity index (χ2n) is 3.85. The minimum absolute atomic E-state index is 0.394. The van der Waals surface area contributed by atoms with Gasteiger partial charge in [0.1, 0.15) is 5.82 Å². The van der Waals surface area contributed by atoms with E-state index < -0.39 is 0 Å². The van der Waals surface area contributed by atoms with Crippen LogP contribution in [0.4, 0.5) is 0 Å². The first-order valence-electron chi connectivity index (χ1n) is 5.85. The fourth-order valence-electron chi connectivity index (χ4n) is 1.64. The van der Waals surface area contributed by atoms with E-state index in [-0.39, 0.29) is 0 Å². The maximum Gasteiger partial charge on any atom is 0.174 e. The Kier molecular flexibility index (Phi) is 4.19. The zero-order valence-electron chi connectivity index (χ0n) is 10.3. The number of halogens is 2. The molecule has 0 unspecified atom stereocenters. The molecule has 0 saturated heterocycles. The van der Waals surface area contributed by atoms with E-state index in [1.807, 2.05) is 19.9 Å². The molecule has 0 spiro atoms. The normalized spacial score (nSPS) is 10.9. The molecule has 96 valence electrons. The van der Waals surface area contributed by atoms with E-state index in [1.54, 1.807) is 10.9 Å². The Balaban J connectivity index is 2.50. The molecule has 2 aromatic rings. The molecule has 2 heterocycles. The molecule has 2 aromatic heterocycles. The lowest BCUT2D eigenvalue weighted by atomic mass is 10.3. The van der Waals surface area contributed by atoms with Crippen LogP contribution in [0, 0.1) is 0 Å². The minimum atomic E-state index is 0.394. The SMILES string of the molecule is CCc1nc(CC)n(-c2ncc(CCl)cc2Cl)n1. The van der Waals surface area contributed by atoms with Crippen molar-refractivity contribution in [1.82, 2.24) is 19.7 Å². The third-order valence-electron chi connectivity index (χ3n) is 2.58. The van der Waals surface area contributed by atoms with Crippen molar-refractivity contribution in [3.8, 4) is 5.82 Å². The third-order valence-corrected chi connectivity index (χ3v) is 3.17. The van der Waals surface area contributed by atoms with E-state index in [4.69, 9.17) is 23.2 Å². The van der Waals surface area contributed by atoms with Crippen LogP contribution in [0.5, 0.6) is 0 Å². The summed E-state index contributed by atoms with van der Waals surface area (Å²) in [6.07, 6.45) is 3.28. The van der Waals surface area contributed by atoms with E-state index in [0.717, 1.165) is 30.1 Å². The van der Waals surface area contributed by atoms with Crippen molar-refractivity contribution in [3.63, 3.8) is 0 Å². The number of nitrogens with zero attached hydrogens (tertiary/aromatic N) is 4. The van der Waals surface area contributed by atoms with Gasteiger partial charge in [0.25, 0.3) is 0 Å². The monoisotopic (exact) mass is 284 g/mol. The number of aryl methyl sites for hydroxylation is 2. The van der Waals surface area contributed by atoms with Crippen LogP contribution in [0.1, 0.15) is 31.1 Å². The molecule has 0 aliphatic carbocycles. The first-order chi connectivity index (χ1) is 8.69. The molecular formula is C12H14Cl2N4. The number of hydrogen-bond acceptors (Lipinski definition) is 3. The zero-order chi connectivity index (χ0) is 13.1. The van der Waals surface area contributed by atoms with Gasteiger partial charge in [-0.3, -0.25) is 0 Å². The molecule has 0 aliphatic rings. The zero-order valence-corrected chi connectivity index (χ0v) is 11.8. The van der Waals surface area contributed by atoms with Crippen molar-refractivity contribution >= 4 is 23.2 Å². The van der Waals surface area contributed by atoms with Crippen molar-refractivity contribution in [2.24, 2.45) is 0 Å². The van der Waals surface area contributed by atoms with Crippen LogP contribution in [-0.2, 0) is 18.7 Å². The van der Waals surface area contributed by atoms with Gasteiger partial charge in [0.2, 0.25) is 0 Å². The lowest BCUT2D eigenvalue weighted by Gasteiger charge is -2.06. The fraction of sp³-hybridized carbons (Fsp3) is 0.417. The molecule has 0 aromatic carbocycles. The summed E-state index contributed by atoms with van der Waals surface area (Å²) in [5.74, 6) is 2.66. The second kappa shape index (κ2) is 5.67. The van der Waals surface area contributed by atoms with Gasteiger partial charge in [-0.1, -0.05) is 25.4 Å². The lowest BCUT2D eigenvalue weighted by Crippen LogP contribution is -2.05. The lowest BCUT2D eigenvalue weighted by molar-refractivity contribution is 0.768. The van der Waals surface area contributed by atoms with Crippen molar-refractivity contribution in [2.45, 2.75) is 32.6 Å². The summed E-state index contributed by atoms with van der Waals surface area (Å²) in [5, 5.41) is 4.95. The average Bonchev–Trinajstić information content (AvgIpc) is 2.81. The first-order valence-corrected chi connectivity index (χ1v) is 6.76. The van der Waals surface area contributed by atoms with Gasteiger partial charge in [0.05, 0.1) is 5.02 Å². The topological polar surface area (TPSA) is 43.6 Å². The van der Waals surface area contributed by atoms with Gasteiger partial charge in [-0.15, -0.1) is 16.7 Å². The molecule has 0 bridgehead atoms. The van der Waals surface area contributed by atoms with E-state index in [2.05, 4.69) is 15.1 Å². The summed E-state index contributed by atoms with van der Waals surface area (Å²) in [4.78, 5) is 8.75. The Bertz CT molecular complexity index is 551. The third kappa shape index (κ3) is 2.49. The molecule has 0 atom stereocenters.